The molecule has 4 aromatic rings. The molecule has 0 fully saturated rings. The van der Waals surface area contributed by atoms with Gasteiger partial charge >= 0.3 is 0 Å². The fourth-order valence-corrected chi connectivity index (χ4v) is 3.85. The van der Waals surface area contributed by atoms with Crippen LogP contribution in [0, 0.1) is 13.8 Å². The molecule has 0 N–H and O–H groups in total. The molecular weight excluding hydrogens is 386 g/mol. The first-order valence-corrected chi connectivity index (χ1v) is 10.3. The predicted molar refractivity (Wildman–Crippen MR) is 124 cm³/mol. The van der Waals surface area contributed by atoms with Crippen molar-refractivity contribution in [2.24, 2.45) is 0 Å². The number of rotatable bonds is 4. The van der Waals surface area contributed by atoms with Crippen LogP contribution in [0.15, 0.2) is 77.6 Å². The van der Waals surface area contributed by atoms with E-state index in [-0.39, 0.29) is 11.5 Å². The summed E-state index contributed by atoms with van der Waals surface area (Å²) in [5.41, 5.74) is 3.95. The monoisotopic (exact) mass is 411 g/mol. The topological polar surface area (TPSA) is 55.2 Å². The normalized spacial score (nSPS) is 12.0. The van der Waals surface area contributed by atoms with Crippen molar-refractivity contribution >= 4 is 16.8 Å². The number of fused-ring (bicyclic) bond motifs is 1. The van der Waals surface area contributed by atoms with Crippen LogP contribution in [0.2, 0.25) is 0 Å². The van der Waals surface area contributed by atoms with Crippen LogP contribution in [0.1, 0.15) is 40.3 Å². The van der Waals surface area contributed by atoms with Crippen LogP contribution in [-0.4, -0.2) is 27.4 Å². The van der Waals surface area contributed by atoms with Gasteiger partial charge in [0.15, 0.2) is 0 Å². The second kappa shape index (κ2) is 8.19. The van der Waals surface area contributed by atoms with E-state index in [1.54, 1.807) is 34.7 Å². The third-order valence-electron chi connectivity index (χ3n) is 5.69. The minimum atomic E-state index is -0.425. The lowest BCUT2D eigenvalue weighted by atomic mass is 10.1. The van der Waals surface area contributed by atoms with Crippen LogP contribution >= 0.6 is 0 Å². The summed E-state index contributed by atoms with van der Waals surface area (Å²) in [7, 11) is 1.74. The van der Waals surface area contributed by atoms with E-state index < -0.39 is 6.04 Å². The van der Waals surface area contributed by atoms with Crippen molar-refractivity contribution < 1.29 is 4.79 Å². The Morgan fingerprint density at radius 1 is 0.968 bits per heavy atom. The van der Waals surface area contributed by atoms with Crippen molar-refractivity contribution in [3.63, 3.8) is 0 Å². The summed E-state index contributed by atoms with van der Waals surface area (Å²) in [5.74, 6) is 0.408. The van der Waals surface area contributed by atoms with Crippen LogP contribution in [-0.2, 0) is 0 Å². The molecule has 0 radical (unpaired) electrons. The molecule has 31 heavy (non-hydrogen) atoms. The van der Waals surface area contributed by atoms with E-state index in [1.807, 2.05) is 75.4 Å². The number of hydrogen-bond donors (Lipinski definition) is 0. The van der Waals surface area contributed by atoms with E-state index in [0.717, 1.165) is 16.8 Å². The zero-order valence-corrected chi connectivity index (χ0v) is 18.2. The van der Waals surface area contributed by atoms with Gasteiger partial charge in [-0.1, -0.05) is 48.0 Å². The van der Waals surface area contributed by atoms with Crippen LogP contribution in [0.3, 0.4) is 0 Å². The van der Waals surface area contributed by atoms with Crippen molar-refractivity contribution in [2.75, 3.05) is 7.05 Å². The maximum atomic E-state index is 13.6. The SMILES string of the molecule is Cc1ccc(-n2c(C(C)N(C)C(=O)c3ccccc3)nc3ccccc3c2=O)c(C)c1. The lowest BCUT2D eigenvalue weighted by molar-refractivity contribution is 0.0735. The molecule has 5 nitrogen and oxygen atoms in total. The number of aromatic nitrogens is 2. The number of hydrogen-bond acceptors (Lipinski definition) is 3. The molecule has 0 saturated heterocycles. The fraction of sp³-hybridized carbons (Fsp3) is 0.192. The van der Waals surface area contributed by atoms with Crippen molar-refractivity contribution in [1.82, 2.24) is 14.5 Å². The molecule has 0 saturated carbocycles. The molecule has 0 aliphatic rings. The average Bonchev–Trinajstić information content (AvgIpc) is 2.79. The second-order valence-electron chi connectivity index (χ2n) is 7.88. The summed E-state index contributed by atoms with van der Waals surface area (Å²) in [4.78, 5) is 33.1. The highest BCUT2D eigenvalue weighted by atomic mass is 16.2. The first-order valence-electron chi connectivity index (χ1n) is 10.3. The highest BCUT2D eigenvalue weighted by Gasteiger charge is 2.25. The quantitative estimate of drug-likeness (QED) is 0.483. The summed E-state index contributed by atoms with van der Waals surface area (Å²) >= 11 is 0. The van der Waals surface area contributed by atoms with Gasteiger partial charge in [0.05, 0.1) is 22.6 Å². The first kappa shape index (κ1) is 20.5. The minimum absolute atomic E-state index is 0.123. The Morgan fingerprint density at radius 2 is 1.65 bits per heavy atom. The van der Waals surface area contributed by atoms with E-state index in [0.29, 0.717) is 22.3 Å². The standard InChI is InChI=1S/C26H25N3O2/c1-17-14-15-23(18(2)16-17)29-24(27-22-13-9-8-12-21(22)26(29)31)19(3)28(4)25(30)20-10-6-5-7-11-20/h5-16,19H,1-4H3. The van der Waals surface area contributed by atoms with Gasteiger partial charge < -0.3 is 4.90 Å². The zero-order chi connectivity index (χ0) is 22.1. The molecule has 0 aliphatic carbocycles. The molecule has 1 aromatic heterocycles. The summed E-state index contributed by atoms with van der Waals surface area (Å²) in [6.07, 6.45) is 0. The van der Waals surface area contributed by atoms with E-state index in [2.05, 4.69) is 0 Å². The molecule has 0 bridgehead atoms. The van der Waals surface area contributed by atoms with Gasteiger partial charge in [-0.25, -0.2) is 4.98 Å². The van der Waals surface area contributed by atoms with Gasteiger partial charge in [0.2, 0.25) is 0 Å². The van der Waals surface area contributed by atoms with Crippen molar-refractivity contribution in [3.05, 3.63) is 106 Å². The molecule has 4 rings (SSSR count). The maximum absolute atomic E-state index is 13.6. The number of aryl methyl sites for hydroxylation is 2. The smallest absolute Gasteiger partial charge is 0.266 e. The van der Waals surface area contributed by atoms with Gasteiger partial charge in [-0.05, 0) is 56.7 Å². The molecule has 3 aromatic carbocycles. The Labute approximate surface area is 181 Å². The van der Waals surface area contributed by atoms with Crippen molar-refractivity contribution in [2.45, 2.75) is 26.8 Å². The van der Waals surface area contributed by atoms with Gasteiger partial charge in [-0.2, -0.15) is 0 Å². The molecule has 0 spiro atoms. The number of para-hydroxylation sites is 1. The molecule has 156 valence electrons. The van der Waals surface area contributed by atoms with Gasteiger partial charge in [-0.15, -0.1) is 0 Å². The second-order valence-corrected chi connectivity index (χ2v) is 7.88. The summed E-state index contributed by atoms with van der Waals surface area (Å²) in [6, 6.07) is 22.0. The predicted octanol–water partition coefficient (Wildman–Crippen LogP) is 4.84. The summed E-state index contributed by atoms with van der Waals surface area (Å²) in [6.45, 7) is 5.91. The molecule has 0 aliphatic heterocycles. The minimum Gasteiger partial charge on any atom is -0.332 e. The third kappa shape index (κ3) is 3.75. The van der Waals surface area contributed by atoms with E-state index in [9.17, 15) is 9.59 Å². The van der Waals surface area contributed by atoms with Gasteiger partial charge in [-0.3, -0.25) is 14.2 Å². The van der Waals surface area contributed by atoms with Crippen LogP contribution in [0.25, 0.3) is 16.6 Å². The zero-order valence-electron chi connectivity index (χ0n) is 18.2. The van der Waals surface area contributed by atoms with Crippen LogP contribution < -0.4 is 5.56 Å². The molecule has 1 atom stereocenters. The molecule has 1 unspecified atom stereocenters. The maximum Gasteiger partial charge on any atom is 0.266 e. The Kier molecular flexibility index (Phi) is 5.42. The fourth-order valence-electron chi connectivity index (χ4n) is 3.85. The number of benzene rings is 3. The number of nitrogens with zero attached hydrogens (tertiary/aromatic N) is 3. The molecule has 5 heteroatoms. The highest BCUT2D eigenvalue weighted by molar-refractivity contribution is 5.94. The van der Waals surface area contributed by atoms with Crippen molar-refractivity contribution in [3.8, 4) is 5.69 Å². The number of carbonyl (C=O) groups is 1. The van der Waals surface area contributed by atoms with E-state index >= 15 is 0 Å². The Balaban J connectivity index is 1.92. The third-order valence-corrected chi connectivity index (χ3v) is 5.69. The van der Waals surface area contributed by atoms with Crippen LogP contribution in [0.5, 0.6) is 0 Å². The van der Waals surface area contributed by atoms with Gasteiger partial charge in [0, 0.05) is 12.6 Å². The Bertz CT molecular complexity index is 1330. The van der Waals surface area contributed by atoms with Crippen molar-refractivity contribution in [1.29, 1.82) is 0 Å². The van der Waals surface area contributed by atoms with Crippen LogP contribution in [0.4, 0.5) is 0 Å². The molecular formula is C26H25N3O2. The van der Waals surface area contributed by atoms with E-state index in [4.69, 9.17) is 4.98 Å². The first-order chi connectivity index (χ1) is 14.9. The molecule has 1 heterocycles. The molecule has 1 amide bonds. The van der Waals surface area contributed by atoms with Gasteiger partial charge in [0.1, 0.15) is 5.82 Å². The van der Waals surface area contributed by atoms with Gasteiger partial charge in [0.25, 0.3) is 11.5 Å². The van der Waals surface area contributed by atoms with E-state index in [1.165, 1.54) is 0 Å². The highest BCUT2D eigenvalue weighted by Crippen LogP contribution is 2.25. The Morgan fingerprint density at radius 3 is 2.35 bits per heavy atom. The Hall–Kier alpha value is -3.73. The number of amides is 1. The summed E-state index contributed by atoms with van der Waals surface area (Å²) < 4.78 is 1.65. The lowest BCUT2D eigenvalue weighted by Crippen LogP contribution is -2.35. The largest absolute Gasteiger partial charge is 0.332 e. The lowest BCUT2D eigenvalue weighted by Gasteiger charge is -2.27. The summed E-state index contributed by atoms with van der Waals surface area (Å²) in [5, 5.41) is 0.551. The average molecular weight is 412 g/mol. The number of carbonyl (C=O) groups excluding carboxylic acids is 1.